The summed E-state index contributed by atoms with van der Waals surface area (Å²) in [5, 5.41) is 0.846. The lowest BCUT2D eigenvalue weighted by Crippen LogP contribution is -2.47. The highest BCUT2D eigenvalue weighted by atomic mass is 35.5. The number of aryl methyl sites for hydroxylation is 1. The lowest BCUT2D eigenvalue weighted by molar-refractivity contribution is -0.127. The van der Waals surface area contributed by atoms with Gasteiger partial charge in [-0.05, 0) is 83.8 Å². The molecule has 6 rings (SSSR count). The lowest BCUT2D eigenvalue weighted by Gasteiger charge is -2.34. The van der Waals surface area contributed by atoms with Gasteiger partial charge in [0.25, 0.3) is 0 Å². The fourth-order valence-electron chi connectivity index (χ4n) is 5.54. The number of hydrogen-bond donors (Lipinski definition) is 0. The Kier molecular flexibility index (Phi) is 12.2. The summed E-state index contributed by atoms with van der Waals surface area (Å²) in [5.41, 5.74) is 4.91. The molecule has 1 aliphatic heterocycles. The number of pyridine rings is 2. The quantitative estimate of drug-likeness (QED) is 0.0889. The second kappa shape index (κ2) is 17.3. The van der Waals surface area contributed by atoms with Crippen LogP contribution >= 0.6 is 23.2 Å². The van der Waals surface area contributed by atoms with Crippen LogP contribution in [0.2, 0.25) is 10.2 Å². The molecule has 0 bridgehead atoms. The summed E-state index contributed by atoms with van der Waals surface area (Å²) in [7, 11) is 0. The molecule has 1 saturated heterocycles. The number of rotatable bonds is 13. The molecule has 11 heteroatoms. The van der Waals surface area contributed by atoms with Gasteiger partial charge >= 0.3 is 0 Å². The molecule has 1 fully saturated rings. The van der Waals surface area contributed by atoms with Crippen molar-refractivity contribution >= 4 is 35.2 Å². The largest absolute Gasteiger partial charge is 0.493 e. The van der Waals surface area contributed by atoms with E-state index in [2.05, 4.69) is 39.1 Å². The van der Waals surface area contributed by atoms with E-state index in [0.29, 0.717) is 59.6 Å². The van der Waals surface area contributed by atoms with E-state index in [0.717, 1.165) is 42.7 Å². The number of benzene rings is 3. The van der Waals surface area contributed by atoms with Gasteiger partial charge in [-0.3, -0.25) is 9.69 Å². The third-order valence-corrected chi connectivity index (χ3v) is 8.87. The topological polar surface area (TPSA) is 77.0 Å². The second-order valence-corrected chi connectivity index (χ2v) is 13.0. The van der Waals surface area contributed by atoms with Gasteiger partial charge in [0.05, 0.1) is 17.8 Å². The molecule has 51 heavy (non-hydrogen) atoms. The molecule has 2 aromatic heterocycles. The molecule has 0 atom stereocenters. The van der Waals surface area contributed by atoms with Crippen molar-refractivity contribution in [2.75, 3.05) is 32.8 Å². The first-order valence-electron chi connectivity index (χ1n) is 16.6. The predicted octanol–water partition coefficient (Wildman–Crippen LogP) is 8.58. The van der Waals surface area contributed by atoms with E-state index < -0.39 is 0 Å². The molecular formula is C40H37Cl2FN4O4. The van der Waals surface area contributed by atoms with Gasteiger partial charge in [0, 0.05) is 63.0 Å². The van der Waals surface area contributed by atoms with Gasteiger partial charge in [-0.25, -0.2) is 14.4 Å². The molecule has 0 aliphatic carbocycles. The van der Waals surface area contributed by atoms with Gasteiger partial charge in [0.1, 0.15) is 29.1 Å². The van der Waals surface area contributed by atoms with Crippen molar-refractivity contribution in [2.45, 2.75) is 26.5 Å². The highest BCUT2D eigenvalue weighted by Gasteiger charge is 2.20. The van der Waals surface area contributed by atoms with Crippen molar-refractivity contribution in [1.29, 1.82) is 0 Å². The average Bonchev–Trinajstić information content (AvgIpc) is 3.14. The molecule has 0 spiro atoms. The van der Waals surface area contributed by atoms with Crippen LogP contribution in [0.4, 0.5) is 4.39 Å². The number of piperazine rings is 1. The molecular weight excluding hydrogens is 690 g/mol. The van der Waals surface area contributed by atoms with Crippen molar-refractivity contribution in [3.8, 4) is 23.1 Å². The van der Waals surface area contributed by atoms with E-state index >= 15 is 0 Å². The van der Waals surface area contributed by atoms with Crippen molar-refractivity contribution in [2.24, 2.45) is 0 Å². The first-order valence-corrected chi connectivity index (χ1v) is 17.4. The molecule has 262 valence electrons. The van der Waals surface area contributed by atoms with Gasteiger partial charge in [0.2, 0.25) is 11.8 Å². The number of ether oxygens (including phenoxy) is 3. The van der Waals surface area contributed by atoms with Gasteiger partial charge in [0.15, 0.2) is 5.75 Å². The smallest absolute Gasteiger partial charge is 0.246 e. The first kappa shape index (κ1) is 35.9. The van der Waals surface area contributed by atoms with Crippen LogP contribution in [-0.4, -0.2) is 58.5 Å². The van der Waals surface area contributed by atoms with E-state index in [1.54, 1.807) is 60.9 Å². The van der Waals surface area contributed by atoms with Crippen LogP contribution in [0.3, 0.4) is 0 Å². The van der Waals surface area contributed by atoms with Crippen LogP contribution in [0.1, 0.15) is 27.8 Å². The van der Waals surface area contributed by atoms with Crippen molar-refractivity contribution in [3.63, 3.8) is 0 Å². The van der Waals surface area contributed by atoms with Gasteiger partial charge in [-0.15, -0.1) is 0 Å². The fraction of sp³-hybridized carbons (Fsp3) is 0.225. The molecule has 3 aromatic carbocycles. The highest BCUT2D eigenvalue weighted by Crippen LogP contribution is 2.34. The molecule has 1 aliphatic rings. The van der Waals surface area contributed by atoms with E-state index in [9.17, 15) is 9.18 Å². The Morgan fingerprint density at radius 3 is 2.24 bits per heavy atom. The highest BCUT2D eigenvalue weighted by molar-refractivity contribution is 6.32. The fourth-order valence-corrected chi connectivity index (χ4v) is 5.97. The van der Waals surface area contributed by atoms with E-state index in [4.69, 9.17) is 37.4 Å². The molecule has 0 unspecified atom stereocenters. The number of hydrogen-bond acceptors (Lipinski definition) is 7. The summed E-state index contributed by atoms with van der Waals surface area (Å²) >= 11 is 12.4. The van der Waals surface area contributed by atoms with Crippen LogP contribution in [0.25, 0.3) is 6.08 Å². The maximum Gasteiger partial charge on any atom is 0.246 e. The van der Waals surface area contributed by atoms with Crippen LogP contribution in [-0.2, 0) is 24.4 Å². The van der Waals surface area contributed by atoms with Crippen molar-refractivity contribution in [1.82, 2.24) is 19.8 Å². The number of carbonyl (C=O) groups is 1. The molecule has 3 heterocycles. The minimum Gasteiger partial charge on any atom is -0.493 e. The van der Waals surface area contributed by atoms with Crippen LogP contribution in [0, 0.1) is 12.7 Å². The maximum atomic E-state index is 13.1. The zero-order valence-corrected chi connectivity index (χ0v) is 29.6. The Morgan fingerprint density at radius 1 is 0.824 bits per heavy atom. The molecule has 0 radical (unpaired) electrons. The first-order chi connectivity index (χ1) is 24.8. The zero-order chi connectivity index (χ0) is 35.6. The summed E-state index contributed by atoms with van der Waals surface area (Å²) in [6.45, 7) is 6.49. The average molecular weight is 728 g/mol. The number of carbonyl (C=O) groups excluding carboxylic acids is 1. The summed E-state index contributed by atoms with van der Waals surface area (Å²) in [5.74, 6) is 1.81. The van der Waals surface area contributed by atoms with Crippen LogP contribution in [0.15, 0.2) is 103 Å². The lowest BCUT2D eigenvalue weighted by atomic mass is 10.1. The number of aromatic nitrogens is 2. The van der Waals surface area contributed by atoms with E-state index in [-0.39, 0.29) is 11.7 Å². The maximum absolute atomic E-state index is 13.1. The van der Waals surface area contributed by atoms with Gasteiger partial charge in [-0.2, -0.15) is 0 Å². The Hall–Kier alpha value is -4.96. The molecule has 1 amide bonds. The van der Waals surface area contributed by atoms with Crippen molar-refractivity contribution < 1.29 is 23.4 Å². The molecule has 0 saturated carbocycles. The van der Waals surface area contributed by atoms with Crippen molar-refractivity contribution in [3.05, 3.63) is 147 Å². The Balaban J connectivity index is 0.931. The monoisotopic (exact) mass is 726 g/mol. The third-order valence-electron chi connectivity index (χ3n) is 8.37. The van der Waals surface area contributed by atoms with Crippen LogP contribution < -0.4 is 14.2 Å². The number of nitrogens with zero attached hydrogens (tertiary/aromatic N) is 4. The summed E-state index contributed by atoms with van der Waals surface area (Å²) in [6.07, 6.45) is 7.39. The van der Waals surface area contributed by atoms with Gasteiger partial charge < -0.3 is 19.1 Å². The Labute approximate surface area is 307 Å². The minimum absolute atomic E-state index is 0.0326. The summed E-state index contributed by atoms with van der Waals surface area (Å²) in [4.78, 5) is 25.6. The number of amides is 1. The summed E-state index contributed by atoms with van der Waals surface area (Å²) in [6, 6.07) is 25.3. The standard InChI is InChI=1S/C40H37Cl2FN4O4/c1-28-22-31(23-36(41)40(28)51-38-14-12-35(25-45-38)50-27-32-6-13-37(42)44-24-32)7-15-39(48)47-19-17-46(18-20-47)26-30-4-2-29(3-5-30)16-21-49-34-10-8-33(43)9-11-34/h2-15,22-25H,16-21,26-27H2,1H3. The third kappa shape index (κ3) is 10.5. The second-order valence-electron chi connectivity index (χ2n) is 12.2. The molecule has 8 nitrogen and oxygen atoms in total. The van der Waals surface area contributed by atoms with E-state index in [1.165, 1.54) is 23.3 Å². The van der Waals surface area contributed by atoms with Crippen LogP contribution in [0.5, 0.6) is 23.1 Å². The normalized spacial score (nSPS) is 13.4. The Morgan fingerprint density at radius 2 is 1.55 bits per heavy atom. The SMILES string of the molecule is Cc1cc(C=CC(=O)N2CCN(Cc3ccc(CCOc4ccc(F)cc4)cc3)CC2)cc(Cl)c1Oc1ccc(OCc2ccc(Cl)nc2)cn1. The molecule has 0 N–H and O–H groups in total. The minimum atomic E-state index is -0.274. The van der Waals surface area contributed by atoms with E-state index in [1.807, 2.05) is 24.0 Å². The predicted molar refractivity (Wildman–Crippen MR) is 197 cm³/mol. The Bertz CT molecular complexity index is 1910. The molecule has 5 aromatic rings. The zero-order valence-electron chi connectivity index (χ0n) is 28.1. The summed E-state index contributed by atoms with van der Waals surface area (Å²) < 4.78 is 30.5. The van der Waals surface area contributed by atoms with Gasteiger partial charge in [-0.1, -0.05) is 53.5 Å². The number of halogens is 3.